The molecule has 0 unspecified atom stereocenters. The summed E-state index contributed by atoms with van der Waals surface area (Å²) in [5.74, 6) is 0.982. The maximum Gasteiger partial charge on any atom is 0.122 e. The number of unbranched alkanes of at least 4 members (excludes halogenated alkanes) is 3. The quantitative estimate of drug-likeness (QED) is 0.520. The van der Waals surface area contributed by atoms with E-state index in [4.69, 9.17) is 0 Å². The molecule has 0 heterocycles. The number of phenols is 1. The minimum atomic E-state index is 0.390. The number of hydrogen-bond donors (Lipinski definition) is 1. The summed E-state index contributed by atoms with van der Waals surface area (Å²) in [4.78, 5) is 0. The predicted octanol–water partition coefficient (Wildman–Crippen LogP) is 6.54. The van der Waals surface area contributed by atoms with Gasteiger partial charge in [-0.2, -0.15) is 0 Å². The molecule has 0 aliphatic carbocycles. The third kappa shape index (κ3) is 5.04. The number of hydrogen-bond acceptors (Lipinski definition) is 1. The number of benzene rings is 1. The fourth-order valence-electron chi connectivity index (χ4n) is 3.17. The van der Waals surface area contributed by atoms with Crippen molar-refractivity contribution in [3.8, 4) is 5.75 Å². The zero-order valence-corrected chi connectivity index (χ0v) is 15.5. The van der Waals surface area contributed by atoms with Gasteiger partial charge in [0.1, 0.15) is 5.75 Å². The summed E-state index contributed by atoms with van der Waals surface area (Å²) in [7, 11) is 0. The zero-order valence-electron chi connectivity index (χ0n) is 15.5. The molecule has 0 aromatic heterocycles. The molecule has 0 radical (unpaired) electrons. The van der Waals surface area contributed by atoms with Crippen molar-refractivity contribution in [2.75, 3.05) is 0 Å². The minimum Gasteiger partial charge on any atom is -0.507 e. The van der Waals surface area contributed by atoms with Gasteiger partial charge in [0.25, 0.3) is 0 Å². The predicted molar refractivity (Wildman–Crippen MR) is 98.0 cm³/mol. The third-order valence-corrected chi connectivity index (χ3v) is 4.62. The first-order valence-corrected chi connectivity index (χ1v) is 9.43. The van der Waals surface area contributed by atoms with E-state index in [0.717, 1.165) is 24.8 Å². The van der Waals surface area contributed by atoms with Gasteiger partial charge in [-0.25, -0.2) is 0 Å². The van der Waals surface area contributed by atoms with Crippen molar-refractivity contribution in [3.63, 3.8) is 0 Å². The van der Waals surface area contributed by atoms with Crippen LogP contribution < -0.4 is 0 Å². The Morgan fingerprint density at radius 1 is 0.818 bits per heavy atom. The van der Waals surface area contributed by atoms with Gasteiger partial charge in [-0.15, -0.1) is 0 Å². The van der Waals surface area contributed by atoms with E-state index in [1.807, 2.05) is 0 Å². The molecule has 1 nitrogen and oxygen atoms in total. The largest absolute Gasteiger partial charge is 0.507 e. The van der Waals surface area contributed by atoms with Crippen LogP contribution in [0.25, 0.3) is 0 Å². The summed E-state index contributed by atoms with van der Waals surface area (Å²) in [6.45, 7) is 11.1. The first-order valence-electron chi connectivity index (χ1n) is 9.43. The molecule has 1 aromatic rings. The van der Waals surface area contributed by atoms with E-state index in [0.29, 0.717) is 11.7 Å². The Morgan fingerprint density at radius 3 is 1.82 bits per heavy atom. The third-order valence-electron chi connectivity index (χ3n) is 4.62. The van der Waals surface area contributed by atoms with Gasteiger partial charge >= 0.3 is 0 Å². The number of rotatable bonds is 10. The summed E-state index contributed by atoms with van der Waals surface area (Å²) in [5.41, 5.74) is 5.37. The van der Waals surface area contributed by atoms with Crippen LogP contribution in [0.3, 0.4) is 0 Å². The van der Waals surface area contributed by atoms with Crippen molar-refractivity contribution in [2.24, 2.45) is 0 Å². The highest BCUT2D eigenvalue weighted by Crippen LogP contribution is 2.36. The van der Waals surface area contributed by atoms with E-state index in [1.54, 1.807) is 0 Å². The van der Waals surface area contributed by atoms with Gasteiger partial charge in [-0.3, -0.25) is 0 Å². The summed E-state index contributed by atoms with van der Waals surface area (Å²) in [6, 6.07) is 2.30. The van der Waals surface area contributed by atoms with Gasteiger partial charge in [-0.1, -0.05) is 59.9 Å². The average molecular weight is 305 g/mol. The van der Waals surface area contributed by atoms with Crippen LogP contribution in [0.15, 0.2) is 6.07 Å². The number of phenolic OH excluding ortho intramolecular Hbond substituents is 1. The summed E-state index contributed by atoms with van der Waals surface area (Å²) in [6.07, 6.45) is 10.6. The highest BCUT2D eigenvalue weighted by Gasteiger charge is 2.18. The van der Waals surface area contributed by atoms with E-state index in [9.17, 15) is 5.11 Å². The first kappa shape index (κ1) is 19.1. The molecule has 1 N–H and O–H groups in total. The molecule has 22 heavy (non-hydrogen) atoms. The lowest BCUT2D eigenvalue weighted by Crippen LogP contribution is -2.06. The average Bonchev–Trinajstić information content (AvgIpc) is 2.50. The first-order chi connectivity index (χ1) is 10.6. The van der Waals surface area contributed by atoms with E-state index in [1.165, 1.54) is 55.2 Å². The molecular weight excluding hydrogens is 268 g/mol. The zero-order chi connectivity index (χ0) is 16.5. The van der Waals surface area contributed by atoms with Crippen LogP contribution in [0.4, 0.5) is 0 Å². The molecule has 1 heteroatoms. The van der Waals surface area contributed by atoms with Crippen LogP contribution in [0.2, 0.25) is 0 Å². The second-order valence-electron chi connectivity index (χ2n) is 6.90. The molecule has 0 bridgehead atoms. The normalized spacial score (nSPS) is 11.4. The lowest BCUT2D eigenvalue weighted by atomic mass is 9.85. The maximum absolute atomic E-state index is 10.8. The summed E-state index contributed by atoms with van der Waals surface area (Å²) >= 11 is 0. The molecule has 1 rings (SSSR count). The van der Waals surface area contributed by atoms with Gasteiger partial charge in [0.05, 0.1) is 0 Å². The van der Waals surface area contributed by atoms with E-state index in [2.05, 4.69) is 40.7 Å². The van der Waals surface area contributed by atoms with E-state index < -0.39 is 0 Å². The van der Waals surface area contributed by atoms with Crippen molar-refractivity contribution < 1.29 is 5.11 Å². The van der Waals surface area contributed by atoms with Gasteiger partial charge in [0.2, 0.25) is 0 Å². The van der Waals surface area contributed by atoms with Crippen LogP contribution in [0.5, 0.6) is 5.75 Å². The Hall–Kier alpha value is -0.980. The molecule has 126 valence electrons. The van der Waals surface area contributed by atoms with Crippen LogP contribution in [-0.2, 0) is 19.3 Å². The number of aromatic hydroxyl groups is 1. The Labute approximate surface area is 138 Å². The minimum absolute atomic E-state index is 0.390. The molecule has 0 spiro atoms. The van der Waals surface area contributed by atoms with Crippen LogP contribution in [-0.4, -0.2) is 5.11 Å². The van der Waals surface area contributed by atoms with Crippen LogP contribution in [0.1, 0.15) is 101 Å². The topological polar surface area (TPSA) is 20.2 Å². The fraction of sp³-hybridized carbons (Fsp3) is 0.714. The molecule has 0 aliphatic heterocycles. The van der Waals surface area contributed by atoms with Gasteiger partial charge in [-0.05, 0) is 66.7 Å². The van der Waals surface area contributed by atoms with Crippen molar-refractivity contribution in [3.05, 3.63) is 28.3 Å². The second-order valence-corrected chi connectivity index (χ2v) is 6.90. The Bertz CT molecular complexity index is 446. The molecule has 0 aliphatic rings. The second kappa shape index (κ2) is 9.92. The fourth-order valence-corrected chi connectivity index (χ4v) is 3.17. The SMILES string of the molecule is CCCCc1cc(C(C)C)c(O)c(CCCC)c1CCCC. The lowest BCUT2D eigenvalue weighted by Gasteiger charge is -2.21. The van der Waals surface area contributed by atoms with Crippen molar-refractivity contribution >= 4 is 0 Å². The Balaban J connectivity index is 3.32. The van der Waals surface area contributed by atoms with Crippen LogP contribution >= 0.6 is 0 Å². The lowest BCUT2D eigenvalue weighted by molar-refractivity contribution is 0.454. The van der Waals surface area contributed by atoms with Gasteiger partial charge < -0.3 is 5.11 Å². The van der Waals surface area contributed by atoms with E-state index in [-0.39, 0.29) is 0 Å². The summed E-state index contributed by atoms with van der Waals surface area (Å²) in [5, 5.41) is 10.8. The molecule has 1 aromatic carbocycles. The Morgan fingerprint density at radius 2 is 1.32 bits per heavy atom. The smallest absolute Gasteiger partial charge is 0.122 e. The van der Waals surface area contributed by atoms with Crippen molar-refractivity contribution in [1.82, 2.24) is 0 Å². The van der Waals surface area contributed by atoms with Crippen molar-refractivity contribution in [1.29, 1.82) is 0 Å². The highest BCUT2D eigenvalue weighted by atomic mass is 16.3. The highest BCUT2D eigenvalue weighted by molar-refractivity contribution is 5.51. The summed E-state index contributed by atoms with van der Waals surface area (Å²) < 4.78 is 0. The number of aryl methyl sites for hydroxylation is 1. The molecule has 0 saturated heterocycles. The molecule has 0 amide bonds. The van der Waals surface area contributed by atoms with E-state index >= 15 is 0 Å². The molecule has 0 saturated carbocycles. The molecular formula is C21H36O. The maximum atomic E-state index is 10.8. The van der Waals surface area contributed by atoms with Gasteiger partial charge in [0, 0.05) is 0 Å². The van der Waals surface area contributed by atoms with Gasteiger partial charge in [0.15, 0.2) is 0 Å². The Kier molecular flexibility index (Phi) is 8.60. The van der Waals surface area contributed by atoms with Crippen molar-refractivity contribution in [2.45, 2.75) is 98.3 Å². The van der Waals surface area contributed by atoms with Crippen LogP contribution in [0, 0.1) is 0 Å². The standard InChI is InChI=1S/C21H36O/c1-6-9-12-17-15-20(16(4)5)21(22)19(14-11-8-3)18(17)13-10-7-2/h15-16,22H,6-14H2,1-5H3. The molecule has 0 fully saturated rings. The monoisotopic (exact) mass is 304 g/mol. The molecule has 0 atom stereocenters.